The Balaban J connectivity index is 1.82. The first-order valence-electron chi connectivity index (χ1n) is 6.45. The zero-order valence-corrected chi connectivity index (χ0v) is 11.9. The van der Waals surface area contributed by atoms with Crippen LogP contribution in [0.1, 0.15) is 45.4 Å². The van der Waals surface area contributed by atoms with E-state index in [4.69, 9.17) is 4.74 Å². The van der Waals surface area contributed by atoms with Crippen LogP contribution in [0.25, 0.3) is 0 Å². The van der Waals surface area contributed by atoms with Gasteiger partial charge in [0, 0.05) is 18.1 Å². The third kappa shape index (κ3) is 3.25. The number of rotatable bonds is 5. The Hall–Kier alpha value is -0.0300. The second-order valence-corrected chi connectivity index (χ2v) is 8.22. The number of carbonyl (C=O) groups is 1. The highest BCUT2D eigenvalue weighted by molar-refractivity contribution is 8.69. The van der Waals surface area contributed by atoms with Gasteiger partial charge in [-0.3, -0.25) is 4.79 Å². The third-order valence-electron chi connectivity index (χ3n) is 3.55. The number of carbonyl (C=O) groups excluding carboxylic acids is 1. The lowest BCUT2D eigenvalue weighted by Crippen LogP contribution is -2.37. The molecule has 98 valence electrons. The van der Waals surface area contributed by atoms with Gasteiger partial charge in [-0.15, -0.1) is 0 Å². The third-order valence-corrected chi connectivity index (χ3v) is 7.19. The van der Waals surface area contributed by atoms with Crippen LogP contribution in [-0.2, 0) is 19.4 Å². The van der Waals surface area contributed by atoms with Crippen LogP contribution < -0.4 is 0 Å². The molecule has 1 aliphatic carbocycles. The van der Waals surface area contributed by atoms with Crippen LogP contribution in [0.15, 0.2) is 0 Å². The van der Waals surface area contributed by atoms with Gasteiger partial charge in [-0.25, -0.2) is 4.21 Å². The van der Waals surface area contributed by atoms with E-state index in [1.54, 1.807) is 0 Å². The first-order valence-corrected chi connectivity index (χ1v) is 9.17. The SMILES string of the molecule is CCCCCC(=O)O[C@H]1[C@@H]2CC[C@H]1S(=O)SC2. The van der Waals surface area contributed by atoms with Crippen LogP contribution in [0.5, 0.6) is 0 Å². The van der Waals surface area contributed by atoms with Crippen molar-refractivity contribution in [1.82, 2.24) is 0 Å². The second-order valence-electron chi connectivity index (χ2n) is 4.83. The molecule has 1 aliphatic heterocycles. The zero-order valence-electron chi connectivity index (χ0n) is 10.2. The average Bonchev–Trinajstić information content (AvgIpc) is 2.58. The molecule has 4 atom stereocenters. The number of hydrogen-bond acceptors (Lipinski definition) is 4. The molecule has 2 bridgehead atoms. The molecule has 0 aromatic rings. The van der Waals surface area contributed by atoms with E-state index in [1.807, 2.05) is 0 Å². The molecule has 1 saturated heterocycles. The molecule has 0 N–H and O–H groups in total. The van der Waals surface area contributed by atoms with Gasteiger partial charge in [0.25, 0.3) is 0 Å². The van der Waals surface area contributed by atoms with E-state index in [1.165, 1.54) is 10.8 Å². The minimum absolute atomic E-state index is 0.0637. The van der Waals surface area contributed by atoms with Crippen LogP contribution in [0.3, 0.4) is 0 Å². The standard InChI is InChI=1S/C12H20O3S2/c1-2-3-4-5-11(13)15-12-9-6-7-10(12)17(14)16-8-9/h9-10,12H,2-8H2,1H3/t9-,10-,12+,17?/m1/s1. The summed E-state index contributed by atoms with van der Waals surface area (Å²) < 4.78 is 17.3. The molecule has 2 rings (SSSR count). The molecule has 1 unspecified atom stereocenters. The van der Waals surface area contributed by atoms with Gasteiger partial charge in [0.1, 0.15) is 6.10 Å². The first kappa shape index (κ1) is 13.4. The molecule has 5 heteroatoms. The summed E-state index contributed by atoms with van der Waals surface area (Å²) in [6.45, 7) is 2.12. The van der Waals surface area contributed by atoms with E-state index in [-0.39, 0.29) is 17.3 Å². The summed E-state index contributed by atoms with van der Waals surface area (Å²) in [5, 5.41) is 0.0916. The summed E-state index contributed by atoms with van der Waals surface area (Å²) in [7, 11) is 0.679. The van der Waals surface area contributed by atoms with Crippen LogP contribution in [0, 0.1) is 5.92 Å². The number of hydrogen-bond donors (Lipinski definition) is 0. The Labute approximate surface area is 109 Å². The fourth-order valence-electron chi connectivity index (χ4n) is 2.54. The van der Waals surface area contributed by atoms with Crippen molar-refractivity contribution in [3.8, 4) is 0 Å². The number of ether oxygens (including phenoxy) is 1. The van der Waals surface area contributed by atoms with Crippen LogP contribution in [0.4, 0.5) is 0 Å². The maximum absolute atomic E-state index is 11.8. The van der Waals surface area contributed by atoms with Gasteiger partial charge < -0.3 is 4.74 Å². The molecule has 3 nitrogen and oxygen atoms in total. The predicted octanol–water partition coefficient (Wildman–Crippen LogP) is 2.67. The predicted molar refractivity (Wildman–Crippen MR) is 71.1 cm³/mol. The molecule has 0 spiro atoms. The van der Waals surface area contributed by atoms with Crippen LogP contribution in [0.2, 0.25) is 0 Å². The Morgan fingerprint density at radius 3 is 3.00 bits per heavy atom. The van der Waals surface area contributed by atoms with Crippen molar-refractivity contribution in [3.05, 3.63) is 0 Å². The highest BCUT2D eigenvalue weighted by Gasteiger charge is 2.46. The maximum atomic E-state index is 11.8. The van der Waals surface area contributed by atoms with Crippen molar-refractivity contribution in [3.63, 3.8) is 0 Å². The highest BCUT2D eigenvalue weighted by atomic mass is 33.1. The Bertz CT molecular complexity index is 306. The van der Waals surface area contributed by atoms with Crippen molar-refractivity contribution in [2.45, 2.75) is 56.8 Å². The van der Waals surface area contributed by atoms with E-state index >= 15 is 0 Å². The van der Waals surface area contributed by atoms with E-state index < -0.39 is 9.83 Å². The maximum Gasteiger partial charge on any atom is 0.306 e. The lowest BCUT2D eigenvalue weighted by molar-refractivity contribution is -0.150. The van der Waals surface area contributed by atoms with E-state index in [0.29, 0.717) is 12.3 Å². The van der Waals surface area contributed by atoms with Crippen LogP contribution in [-0.4, -0.2) is 27.3 Å². The van der Waals surface area contributed by atoms with Crippen molar-refractivity contribution in [2.24, 2.45) is 5.92 Å². The average molecular weight is 276 g/mol. The molecular formula is C12H20O3S2. The minimum atomic E-state index is -0.851. The fourth-order valence-corrected chi connectivity index (χ4v) is 6.27. The molecule has 0 aromatic carbocycles. The summed E-state index contributed by atoms with van der Waals surface area (Å²) in [5.41, 5.74) is 0. The Morgan fingerprint density at radius 2 is 2.24 bits per heavy atom. The zero-order chi connectivity index (χ0) is 12.3. The molecular weight excluding hydrogens is 256 g/mol. The molecule has 0 amide bonds. The molecule has 1 heterocycles. The first-order chi connectivity index (χ1) is 8.22. The topological polar surface area (TPSA) is 43.4 Å². The fraction of sp³-hybridized carbons (Fsp3) is 0.917. The van der Waals surface area contributed by atoms with Crippen LogP contribution >= 0.6 is 10.8 Å². The summed E-state index contributed by atoms with van der Waals surface area (Å²) in [4.78, 5) is 11.7. The van der Waals surface area contributed by atoms with E-state index in [9.17, 15) is 9.00 Å². The highest BCUT2D eigenvalue weighted by Crippen LogP contribution is 2.42. The van der Waals surface area contributed by atoms with Gasteiger partial charge in [-0.1, -0.05) is 30.6 Å². The molecule has 1 saturated carbocycles. The largest absolute Gasteiger partial charge is 0.461 e. The Kier molecular flexibility index (Phi) is 4.91. The van der Waals surface area contributed by atoms with Gasteiger partial charge in [0.15, 0.2) is 0 Å². The van der Waals surface area contributed by atoms with Crippen molar-refractivity contribution < 1.29 is 13.7 Å². The summed E-state index contributed by atoms with van der Waals surface area (Å²) in [6, 6.07) is 0. The smallest absolute Gasteiger partial charge is 0.306 e. The van der Waals surface area contributed by atoms with Gasteiger partial charge in [0.05, 0.1) is 15.1 Å². The van der Waals surface area contributed by atoms with Gasteiger partial charge in [-0.05, 0) is 19.3 Å². The molecule has 0 radical (unpaired) electrons. The van der Waals surface area contributed by atoms with Gasteiger partial charge in [0.2, 0.25) is 0 Å². The normalized spacial score (nSPS) is 35.8. The summed E-state index contributed by atoms with van der Waals surface area (Å²) in [6.07, 6.45) is 5.58. The lowest BCUT2D eigenvalue weighted by atomic mass is 10.1. The summed E-state index contributed by atoms with van der Waals surface area (Å²) in [5.74, 6) is 1.23. The lowest BCUT2D eigenvalue weighted by Gasteiger charge is -2.28. The number of fused-ring (bicyclic) bond motifs is 2. The van der Waals surface area contributed by atoms with E-state index in [0.717, 1.165) is 37.9 Å². The molecule has 17 heavy (non-hydrogen) atoms. The van der Waals surface area contributed by atoms with Crippen molar-refractivity contribution in [1.29, 1.82) is 0 Å². The quantitative estimate of drug-likeness (QED) is 0.440. The monoisotopic (exact) mass is 276 g/mol. The minimum Gasteiger partial charge on any atom is -0.461 e. The molecule has 2 aliphatic rings. The Morgan fingerprint density at radius 1 is 1.41 bits per heavy atom. The van der Waals surface area contributed by atoms with Crippen molar-refractivity contribution in [2.75, 3.05) is 5.75 Å². The van der Waals surface area contributed by atoms with Crippen molar-refractivity contribution >= 4 is 26.6 Å². The number of unbranched alkanes of at least 4 members (excludes halogenated alkanes) is 2. The number of esters is 1. The molecule has 0 aromatic heterocycles. The van der Waals surface area contributed by atoms with E-state index in [2.05, 4.69) is 6.92 Å². The van der Waals surface area contributed by atoms with Gasteiger partial charge >= 0.3 is 5.97 Å². The van der Waals surface area contributed by atoms with Gasteiger partial charge in [-0.2, -0.15) is 0 Å². The second kappa shape index (κ2) is 6.23. The molecule has 2 fully saturated rings. The summed E-state index contributed by atoms with van der Waals surface area (Å²) >= 11 is 0.